The fraction of sp³-hybridized carbons (Fsp3) is 0.333. The average molecular weight is 459 g/mol. The topological polar surface area (TPSA) is 136 Å². The molecule has 1 aliphatic heterocycles. The maximum atomic E-state index is 12.2. The van der Waals surface area contributed by atoms with Gasteiger partial charge >= 0.3 is 11.9 Å². The van der Waals surface area contributed by atoms with Crippen LogP contribution in [0.15, 0.2) is 27.5 Å². The number of thioether (sulfide) groups is 1. The summed E-state index contributed by atoms with van der Waals surface area (Å²) in [6.07, 6.45) is 0. The number of rotatable bonds is 7. The summed E-state index contributed by atoms with van der Waals surface area (Å²) in [4.78, 5) is 33.6. The summed E-state index contributed by atoms with van der Waals surface area (Å²) in [7, 11) is 0. The molecule has 0 spiro atoms. The first-order chi connectivity index (χ1) is 15.5. The van der Waals surface area contributed by atoms with Crippen LogP contribution in [0.4, 0.5) is 5.82 Å². The normalized spacial score (nSPS) is 12.6. The van der Waals surface area contributed by atoms with Crippen LogP contribution in [0.5, 0.6) is 11.5 Å². The van der Waals surface area contributed by atoms with Crippen molar-refractivity contribution >= 4 is 40.6 Å². The van der Waals surface area contributed by atoms with E-state index in [0.717, 1.165) is 4.90 Å². The van der Waals surface area contributed by atoms with Gasteiger partial charge in [0, 0.05) is 4.90 Å². The molecule has 4 rings (SSSR count). The maximum absolute atomic E-state index is 12.2. The van der Waals surface area contributed by atoms with Crippen LogP contribution < -0.4 is 15.2 Å². The number of fused-ring (bicyclic) bond motifs is 2. The van der Waals surface area contributed by atoms with E-state index in [9.17, 15) is 9.59 Å². The third-order valence-electron chi connectivity index (χ3n) is 4.51. The van der Waals surface area contributed by atoms with Gasteiger partial charge in [-0.25, -0.2) is 9.78 Å². The van der Waals surface area contributed by atoms with Crippen molar-refractivity contribution in [1.29, 1.82) is 0 Å². The molecule has 0 amide bonds. The first kappa shape index (κ1) is 21.8. The smallest absolute Gasteiger partial charge is 0.342 e. The second-order valence-electron chi connectivity index (χ2n) is 6.71. The number of aryl methyl sites for hydroxylation is 1. The van der Waals surface area contributed by atoms with Crippen LogP contribution in [0, 0.1) is 6.92 Å². The van der Waals surface area contributed by atoms with Gasteiger partial charge in [-0.15, -0.1) is 11.8 Å². The number of furan rings is 1. The largest absolute Gasteiger partial charge is 0.486 e. The van der Waals surface area contributed by atoms with E-state index in [1.807, 2.05) is 18.2 Å². The van der Waals surface area contributed by atoms with E-state index in [0.29, 0.717) is 30.5 Å². The van der Waals surface area contributed by atoms with Crippen LogP contribution in [-0.2, 0) is 20.9 Å². The van der Waals surface area contributed by atoms with E-state index >= 15 is 0 Å². The summed E-state index contributed by atoms with van der Waals surface area (Å²) < 4.78 is 26.9. The standard InChI is InChI=1S/C21H21N3O7S/c1-3-27-21(26)17-11(2)31-20-18(17)19(22)23-15(24-20)9-30-16(25)10-32-12-4-5-13-14(8-12)29-7-6-28-13/h4-5,8H,3,6-7,9-10H2,1-2H3,(H2,22,23,24). The van der Waals surface area contributed by atoms with Crippen molar-refractivity contribution in [2.24, 2.45) is 0 Å². The molecular weight excluding hydrogens is 438 g/mol. The Labute approximate surface area is 187 Å². The quantitative estimate of drug-likeness (QED) is 0.412. The number of hydrogen-bond acceptors (Lipinski definition) is 11. The third kappa shape index (κ3) is 4.57. The lowest BCUT2D eigenvalue weighted by Crippen LogP contribution is -2.15. The number of nitrogen functional groups attached to an aromatic ring is 1. The molecule has 32 heavy (non-hydrogen) atoms. The number of anilines is 1. The Morgan fingerprint density at radius 3 is 2.72 bits per heavy atom. The molecule has 3 aromatic rings. The molecule has 0 saturated carbocycles. The van der Waals surface area contributed by atoms with E-state index < -0.39 is 11.9 Å². The van der Waals surface area contributed by atoms with Gasteiger partial charge in [0.15, 0.2) is 23.9 Å². The number of nitrogens with two attached hydrogens (primary N) is 1. The zero-order valence-corrected chi connectivity index (χ0v) is 18.3. The van der Waals surface area contributed by atoms with Gasteiger partial charge in [0.2, 0.25) is 5.71 Å². The number of carbonyl (C=O) groups is 2. The minimum atomic E-state index is -0.561. The summed E-state index contributed by atoms with van der Waals surface area (Å²) in [6.45, 7) is 4.36. The van der Waals surface area contributed by atoms with Crippen molar-refractivity contribution in [1.82, 2.24) is 9.97 Å². The number of benzene rings is 1. The highest BCUT2D eigenvalue weighted by Gasteiger charge is 2.24. The highest BCUT2D eigenvalue weighted by atomic mass is 32.2. The zero-order chi connectivity index (χ0) is 22.7. The lowest BCUT2D eigenvalue weighted by molar-refractivity contribution is -0.141. The molecular formula is C21H21N3O7S. The van der Waals surface area contributed by atoms with Gasteiger partial charge in [-0.3, -0.25) is 4.79 Å². The van der Waals surface area contributed by atoms with Crippen molar-refractivity contribution in [3.63, 3.8) is 0 Å². The lowest BCUT2D eigenvalue weighted by atomic mass is 10.2. The predicted octanol–water partition coefficient (Wildman–Crippen LogP) is 2.90. The van der Waals surface area contributed by atoms with E-state index in [1.54, 1.807) is 13.8 Å². The Kier molecular flexibility index (Phi) is 6.35. The SMILES string of the molecule is CCOC(=O)c1c(C)oc2nc(COC(=O)CSc3ccc4c(c3)OCCO4)nc(N)c12. The van der Waals surface area contributed by atoms with Gasteiger partial charge in [0.1, 0.15) is 30.4 Å². The summed E-state index contributed by atoms with van der Waals surface area (Å²) in [5.74, 6) is 0.956. The number of hydrogen-bond donors (Lipinski definition) is 1. The fourth-order valence-corrected chi connectivity index (χ4v) is 3.86. The highest BCUT2D eigenvalue weighted by molar-refractivity contribution is 8.00. The monoisotopic (exact) mass is 459 g/mol. The highest BCUT2D eigenvalue weighted by Crippen LogP contribution is 2.34. The molecule has 1 aliphatic rings. The number of carbonyl (C=O) groups excluding carboxylic acids is 2. The first-order valence-electron chi connectivity index (χ1n) is 9.87. The predicted molar refractivity (Wildman–Crippen MR) is 115 cm³/mol. The third-order valence-corrected chi connectivity index (χ3v) is 5.48. The Balaban J connectivity index is 1.38. The molecule has 0 unspecified atom stereocenters. The summed E-state index contributed by atoms with van der Waals surface area (Å²) in [5, 5.41) is 0.283. The Morgan fingerprint density at radius 2 is 1.94 bits per heavy atom. The molecule has 168 valence electrons. The van der Waals surface area contributed by atoms with Crippen molar-refractivity contribution in [2.45, 2.75) is 25.3 Å². The van der Waals surface area contributed by atoms with E-state index in [4.69, 9.17) is 29.1 Å². The van der Waals surface area contributed by atoms with Gasteiger partial charge in [-0.2, -0.15) is 4.98 Å². The van der Waals surface area contributed by atoms with Gasteiger partial charge in [0.05, 0.1) is 17.7 Å². The van der Waals surface area contributed by atoms with Crippen LogP contribution in [0.2, 0.25) is 0 Å². The Bertz CT molecular complexity index is 1180. The second-order valence-corrected chi connectivity index (χ2v) is 7.76. The van der Waals surface area contributed by atoms with Crippen LogP contribution >= 0.6 is 11.8 Å². The average Bonchev–Trinajstić information content (AvgIpc) is 3.12. The molecule has 0 atom stereocenters. The van der Waals surface area contributed by atoms with Crippen LogP contribution in [-0.4, -0.2) is 47.5 Å². The van der Waals surface area contributed by atoms with E-state index in [-0.39, 0.29) is 47.3 Å². The molecule has 11 heteroatoms. The fourth-order valence-electron chi connectivity index (χ4n) is 3.14. The van der Waals surface area contributed by atoms with Crippen LogP contribution in [0.3, 0.4) is 0 Å². The molecule has 0 aliphatic carbocycles. The minimum absolute atomic E-state index is 0.0478. The van der Waals surface area contributed by atoms with E-state index in [2.05, 4.69) is 9.97 Å². The zero-order valence-electron chi connectivity index (χ0n) is 17.5. The second kappa shape index (κ2) is 9.35. The van der Waals surface area contributed by atoms with Crippen LogP contribution in [0.1, 0.15) is 28.9 Å². The van der Waals surface area contributed by atoms with E-state index in [1.165, 1.54) is 11.8 Å². The number of ether oxygens (including phenoxy) is 4. The maximum Gasteiger partial charge on any atom is 0.342 e. The van der Waals surface area contributed by atoms with Crippen molar-refractivity contribution in [2.75, 3.05) is 31.3 Å². The van der Waals surface area contributed by atoms with Crippen molar-refractivity contribution in [3.05, 3.63) is 35.3 Å². The molecule has 0 bridgehead atoms. The number of esters is 2. The van der Waals surface area contributed by atoms with Gasteiger partial charge in [-0.05, 0) is 32.0 Å². The Hall–Kier alpha value is -3.47. The minimum Gasteiger partial charge on any atom is -0.486 e. The lowest BCUT2D eigenvalue weighted by Gasteiger charge is -2.18. The molecule has 10 nitrogen and oxygen atoms in total. The number of nitrogens with zero attached hydrogens (tertiary/aromatic N) is 2. The summed E-state index contributed by atoms with van der Waals surface area (Å²) >= 11 is 1.31. The first-order valence-corrected chi connectivity index (χ1v) is 10.9. The molecule has 0 fully saturated rings. The van der Waals surface area contributed by atoms with Gasteiger partial charge in [0.25, 0.3) is 0 Å². The molecule has 3 heterocycles. The summed E-state index contributed by atoms with van der Waals surface area (Å²) in [6, 6.07) is 5.48. The number of aromatic nitrogens is 2. The molecule has 1 aromatic carbocycles. The van der Waals surface area contributed by atoms with Crippen molar-refractivity contribution in [3.8, 4) is 11.5 Å². The molecule has 0 radical (unpaired) electrons. The van der Waals surface area contributed by atoms with Crippen molar-refractivity contribution < 1.29 is 33.0 Å². The van der Waals surface area contributed by atoms with Gasteiger partial charge < -0.3 is 29.1 Å². The van der Waals surface area contributed by atoms with Crippen LogP contribution in [0.25, 0.3) is 11.1 Å². The Morgan fingerprint density at radius 1 is 1.16 bits per heavy atom. The van der Waals surface area contributed by atoms with Gasteiger partial charge in [-0.1, -0.05) is 0 Å². The molecule has 2 aromatic heterocycles. The molecule has 2 N–H and O–H groups in total. The summed E-state index contributed by atoms with van der Waals surface area (Å²) in [5.41, 5.74) is 6.34. The molecule has 0 saturated heterocycles.